The molecule has 106 valence electrons. The van der Waals surface area contributed by atoms with Crippen LogP contribution in [0.25, 0.3) is 0 Å². The third-order valence-corrected chi connectivity index (χ3v) is 2.02. The van der Waals surface area contributed by atoms with E-state index in [9.17, 15) is 9.59 Å². The summed E-state index contributed by atoms with van der Waals surface area (Å²) >= 11 is 0. The van der Waals surface area contributed by atoms with Gasteiger partial charge in [-0.15, -0.1) is 0 Å². The molecule has 9 heteroatoms. The third-order valence-electron chi connectivity index (χ3n) is 2.02. The second-order valence-corrected chi connectivity index (χ2v) is 3.51. The quantitative estimate of drug-likeness (QED) is 0.170. The first kappa shape index (κ1) is 16.7. The molecule has 0 aromatic carbocycles. The highest BCUT2D eigenvalue weighted by Gasteiger charge is 2.19. The minimum atomic E-state index is -0.898. The Hall–Kier alpha value is -1.26. The number of alkyl carbamates (subject to hydrolysis) is 1. The van der Waals surface area contributed by atoms with Gasteiger partial charge in [-0.1, -0.05) is 0 Å². The predicted molar refractivity (Wildman–Crippen MR) is 63.3 cm³/mol. The van der Waals surface area contributed by atoms with E-state index in [1.54, 1.807) is 6.92 Å². The number of amides is 2. The van der Waals surface area contributed by atoms with Crippen LogP contribution in [0.4, 0.5) is 4.79 Å². The van der Waals surface area contributed by atoms with Gasteiger partial charge in [0.1, 0.15) is 12.3 Å². The van der Waals surface area contributed by atoms with Gasteiger partial charge in [0.2, 0.25) is 5.91 Å². The Morgan fingerprint density at radius 3 is 2.56 bits per heavy atom. The fraction of sp³-hybridized carbons (Fsp3) is 0.778. The number of hydroxylamine groups is 1. The van der Waals surface area contributed by atoms with Crippen molar-refractivity contribution in [2.45, 2.75) is 32.1 Å². The Morgan fingerprint density at radius 1 is 1.39 bits per heavy atom. The highest BCUT2D eigenvalue weighted by molar-refractivity contribution is 5.94. The Morgan fingerprint density at radius 2 is 2.06 bits per heavy atom. The summed E-state index contributed by atoms with van der Waals surface area (Å²) in [6.45, 7) is 2.27. The fourth-order valence-corrected chi connectivity index (χ4v) is 1.18. The van der Waals surface area contributed by atoms with Crippen LogP contribution in [0.5, 0.6) is 0 Å². The van der Waals surface area contributed by atoms with Crippen LogP contribution >= 0.6 is 0 Å². The average molecular weight is 263 g/mol. The number of hydrogen-bond donors (Lipinski definition) is 6. The van der Waals surface area contributed by atoms with Gasteiger partial charge >= 0.3 is 6.09 Å². The van der Waals surface area contributed by atoms with E-state index >= 15 is 0 Å². The van der Waals surface area contributed by atoms with Crippen molar-refractivity contribution in [1.82, 2.24) is 16.1 Å². The summed E-state index contributed by atoms with van der Waals surface area (Å²) in [5.74, 6) is -0.659. The number of carbonyl (C=O) groups excluding carboxylic acids is 2. The largest absolute Gasteiger partial charge is 0.450 e. The standard InChI is InChI=1S/C9H21N5O4/c1-2-18-9(16)13-7(15)6(14-17)4-3-5-12-8(10)11/h6,8,12,14,17H,2-5,10-11H2,1H3,(H,13,15,16)/t6-/m0/s1. The zero-order chi connectivity index (χ0) is 14.0. The minimum Gasteiger partial charge on any atom is -0.450 e. The molecule has 0 fully saturated rings. The summed E-state index contributed by atoms with van der Waals surface area (Å²) in [5.41, 5.74) is 12.4. The highest BCUT2D eigenvalue weighted by Crippen LogP contribution is 1.96. The first-order chi connectivity index (χ1) is 8.51. The zero-order valence-corrected chi connectivity index (χ0v) is 10.3. The lowest BCUT2D eigenvalue weighted by atomic mass is 10.1. The lowest BCUT2D eigenvalue weighted by Crippen LogP contribution is -2.47. The maximum Gasteiger partial charge on any atom is 0.413 e. The van der Waals surface area contributed by atoms with Crippen molar-refractivity contribution in [1.29, 1.82) is 0 Å². The third kappa shape index (κ3) is 7.92. The summed E-state index contributed by atoms with van der Waals surface area (Å²) in [4.78, 5) is 22.5. The van der Waals surface area contributed by atoms with Crippen molar-refractivity contribution in [3.05, 3.63) is 0 Å². The molecule has 0 bridgehead atoms. The average Bonchev–Trinajstić information content (AvgIpc) is 2.28. The van der Waals surface area contributed by atoms with Crippen LogP contribution in [-0.2, 0) is 9.53 Å². The molecule has 0 saturated heterocycles. The molecule has 0 radical (unpaired) electrons. The smallest absolute Gasteiger partial charge is 0.413 e. The number of nitrogens with two attached hydrogens (primary N) is 2. The number of rotatable bonds is 8. The topological polar surface area (TPSA) is 152 Å². The van der Waals surface area contributed by atoms with E-state index in [-0.39, 0.29) is 6.61 Å². The maximum absolute atomic E-state index is 11.5. The highest BCUT2D eigenvalue weighted by atomic mass is 16.5. The van der Waals surface area contributed by atoms with Crippen LogP contribution in [0.2, 0.25) is 0 Å². The second kappa shape index (κ2) is 9.74. The number of nitrogens with one attached hydrogen (secondary N) is 3. The molecule has 1 atom stereocenters. The number of imide groups is 1. The number of carbonyl (C=O) groups is 2. The van der Waals surface area contributed by atoms with Crippen molar-refractivity contribution < 1.29 is 19.5 Å². The molecule has 0 unspecified atom stereocenters. The summed E-state index contributed by atoms with van der Waals surface area (Å²) in [6.07, 6.45) is -0.621. The normalized spacial score (nSPS) is 12.3. The van der Waals surface area contributed by atoms with Crippen molar-refractivity contribution in [2.24, 2.45) is 11.5 Å². The Bertz CT molecular complexity index is 261. The van der Waals surface area contributed by atoms with Gasteiger partial charge in [0.15, 0.2) is 0 Å². The monoisotopic (exact) mass is 263 g/mol. The molecule has 2 amide bonds. The summed E-state index contributed by atoms with van der Waals surface area (Å²) in [5, 5.41) is 13.6. The van der Waals surface area contributed by atoms with E-state index in [1.807, 2.05) is 10.8 Å². The molecule has 0 aromatic heterocycles. The van der Waals surface area contributed by atoms with Crippen molar-refractivity contribution in [3.8, 4) is 0 Å². The van der Waals surface area contributed by atoms with Crippen molar-refractivity contribution in [2.75, 3.05) is 13.2 Å². The van der Waals surface area contributed by atoms with Gasteiger partial charge in [-0.2, -0.15) is 5.48 Å². The molecule has 0 rings (SSSR count). The number of ether oxygens (including phenoxy) is 1. The lowest BCUT2D eigenvalue weighted by Gasteiger charge is -2.14. The van der Waals surface area contributed by atoms with Crippen molar-refractivity contribution >= 4 is 12.0 Å². The van der Waals surface area contributed by atoms with E-state index in [0.717, 1.165) is 0 Å². The molecule has 0 aromatic rings. The fourth-order valence-electron chi connectivity index (χ4n) is 1.18. The lowest BCUT2D eigenvalue weighted by molar-refractivity contribution is -0.125. The van der Waals surface area contributed by atoms with Crippen LogP contribution in [0, 0.1) is 0 Å². The zero-order valence-electron chi connectivity index (χ0n) is 10.3. The van der Waals surface area contributed by atoms with Crippen LogP contribution in [0.15, 0.2) is 0 Å². The molecule has 0 aliphatic heterocycles. The Labute approximate surface area is 105 Å². The molecule has 8 N–H and O–H groups in total. The SMILES string of the molecule is CCOC(=O)NC(=O)[C@H](CCCNC(N)N)NO. The molecule has 0 heterocycles. The van der Waals surface area contributed by atoms with Gasteiger partial charge in [0, 0.05) is 0 Å². The Kier molecular flexibility index (Phi) is 9.06. The van der Waals surface area contributed by atoms with E-state index in [1.165, 1.54) is 0 Å². The molecule has 0 saturated carbocycles. The molecule has 0 aliphatic rings. The van der Waals surface area contributed by atoms with Gasteiger partial charge in [0.25, 0.3) is 0 Å². The summed E-state index contributed by atoms with van der Waals surface area (Å²) in [6, 6.07) is -0.898. The van der Waals surface area contributed by atoms with Gasteiger partial charge in [-0.05, 0) is 26.3 Å². The van der Waals surface area contributed by atoms with Gasteiger partial charge in [-0.25, -0.2) is 4.79 Å². The first-order valence-electron chi connectivity index (χ1n) is 5.63. The van der Waals surface area contributed by atoms with E-state index in [2.05, 4.69) is 10.1 Å². The van der Waals surface area contributed by atoms with E-state index < -0.39 is 24.3 Å². The molecule has 0 spiro atoms. The maximum atomic E-state index is 11.5. The Balaban J connectivity index is 3.92. The summed E-state index contributed by atoms with van der Waals surface area (Å²) < 4.78 is 4.54. The van der Waals surface area contributed by atoms with Gasteiger partial charge in [0.05, 0.1) is 6.61 Å². The second-order valence-electron chi connectivity index (χ2n) is 3.51. The van der Waals surface area contributed by atoms with Crippen LogP contribution in [0.1, 0.15) is 19.8 Å². The van der Waals surface area contributed by atoms with Crippen LogP contribution < -0.4 is 27.6 Å². The molecular weight excluding hydrogens is 242 g/mol. The molecule has 0 aliphatic carbocycles. The first-order valence-corrected chi connectivity index (χ1v) is 5.63. The van der Waals surface area contributed by atoms with Gasteiger partial charge in [-0.3, -0.25) is 15.4 Å². The number of hydrogen-bond acceptors (Lipinski definition) is 8. The van der Waals surface area contributed by atoms with E-state index in [0.29, 0.717) is 19.4 Å². The molecular formula is C9H21N5O4. The summed E-state index contributed by atoms with van der Waals surface area (Å²) in [7, 11) is 0. The molecule has 18 heavy (non-hydrogen) atoms. The molecule has 9 nitrogen and oxygen atoms in total. The van der Waals surface area contributed by atoms with Gasteiger partial charge < -0.3 is 21.4 Å². The minimum absolute atomic E-state index is 0.161. The van der Waals surface area contributed by atoms with E-state index in [4.69, 9.17) is 16.7 Å². The van der Waals surface area contributed by atoms with Crippen molar-refractivity contribution in [3.63, 3.8) is 0 Å². The predicted octanol–water partition coefficient (Wildman–Crippen LogP) is -1.82. The van der Waals surface area contributed by atoms with Crippen LogP contribution in [-0.4, -0.2) is 42.7 Å². The van der Waals surface area contributed by atoms with Crippen LogP contribution in [0.3, 0.4) is 0 Å².